The Balaban J connectivity index is 3.23. The molecule has 0 aliphatic heterocycles. The second-order valence-corrected chi connectivity index (χ2v) is 5.40. The molecule has 1 atom stereocenters. The van der Waals surface area contributed by atoms with E-state index in [0.29, 0.717) is 0 Å². The van der Waals surface area contributed by atoms with Crippen LogP contribution in [-0.2, 0) is 6.42 Å². The highest BCUT2D eigenvalue weighted by molar-refractivity contribution is 5.28. The molecule has 0 saturated heterocycles. The highest BCUT2D eigenvalue weighted by Gasteiger charge is 2.38. The Morgan fingerprint density at radius 2 is 1.84 bits per heavy atom. The number of nitrogens with one attached hydrogen (secondary N) is 1. The van der Waals surface area contributed by atoms with Crippen molar-refractivity contribution < 1.29 is 0 Å². The van der Waals surface area contributed by atoms with Crippen molar-refractivity contribution in [1.82, 2.24) is 10.3 Å². The normalized spacial score (nSPS) is 13.8. The molecule has 0 aliphatic carbocycles. The lowest BCUT2D eigenvalue weighted by Gasteiger charge is -2.45. The standard InChI is InChI=1S/C16H29N3/c1-6-13-10-9-11-14(12-13)15(18-17)16(7-2,8-3)19(4)5/h9-12,15,18H,6-8,17H2,1-5H3. The van der Waals surface area contributed by atoms with Crippen molar-refractivity contribution in [2.75, 3.05) is 14.1 Å². The van der Waals surface area contributed by atoms with Crippen LogP contribution in [0.25, 0.3) is 0 Å². The summed E-state index contributed by atoms with van der Waals surface area (Å²) in [7, 11) is 4.28. The van der Waals surface area contributed by atoms with E-state index in [1.165, 1.54) is 11.1 Å². The first-order valence-electron chi connectivity index (χ1n) is 7.28. The zero-order chi connectivity index (χ0) is 14.5. The number of nitrogens with two attached hydrogens (primary N) is 1. The average molecular weight is 263 g/mol. The second kappa shape index (κ2) is 7.04. The van der Waals surface area contributed by atoms with Crippen LogP contribution in [0.4, 0.5) is 0 Å². The molecule has 0 saturated carbocycles. The Labute approximate surface area is 118 Å². The van der Waals surface area contributed by atoms with Gasteiger partial charge in [0.25, 0.3) is 0 Å². The van der Waals surface area contributed by atoms with Crippen LogP contribution in [0.3, 0.4) is 0 Å². The number of aryl methyl sites for hydroxylation is 1. The summed E-state index contributed by atoms with van der Waals surface area (Å²) in [5.41, 5.74) is 5.73. The van der Waals surface area contributed by atoms with Crippen LogP contribution < -0.4 is 11.3 Å². The molecule has 0 bridgehead atoms. The third-order valence-corrected chi connectivity index (χ3v) is 4.51. The predicted molar refractivity (Wildman–Crippen MR) is 82.9 cm³/mol. The van der Waals surface area contributed by atoms with Gasteiger partial charge in [-0.3, -0.25) is 11.3 Å². The Kier molecular flexibility index (Phi) is 5.98. The fourth-order valence-electron chi connectivity index (χ4n) is 3.10. The maximum atomic E-state index is 5.89. The third-order valence-electron chi connectivity index (χ3n) is 4.51. The number of hydrogen-bond donors (Lipinski definition) is 2. The highest BCUT2D eigenvalue weighted by Crippen LogP contribution is 2.35. The van der Waals surface area contributed by atoms with Crippen molar-refractivity contribution in [2.24, 2.45) is 5.84 Å². The van der Waals surface area contributed by atoms with E-state index >= 15 is 0 Å². The smallest absolute Gasteiger partial charge is 0.0643 e. The highest BCUT2D eigenvalue weighted by atomic mass is 15.3. The fraction of sp³-hybridized carbons (Fsp3) is 0.625. The van der Waals surface area contributed by atoms with Gasteiger partial charge in [0, 0.05) is 5.54 Å². The van der Waals surface area contributed by atoms with Gasteiger partial charge in [-0.25, -0.2) is 0 Å². The van der Waals surface area contributed by atoms with Crippen molar-refractivity contribution in [2.45, 2.75) is 51.6 Å². The molecule has 1 unspecified atom stereocenters. The Morgan fingerprint density at radius 1 is 1.21 bits per heavy atom. The van der Waals surface area contributed by atoms with E-state index in [2.05, 4.69) is 69.5 Å². The largest absolute Gasteiger partial charge is 0.302 e. The van der Waals surface area contributed by atoms with E-state index < -0.39 is 0 Å². The maximum Gasteiger partial charge on any atom is 0.0643 e. The van der Waals surface area contributed by atoms with Gasteiger partial charge in [-0.05, 0) is 44.5 Å². The van der Waals surface area contributed by atoms with Gasteiger partial charge in [0.05, 0.1) is 6.04 Å². The molecule has 3 heteroatoms. The molecule has 0 spiro atoms. The average Bonchev–Trinajstić information content (AvgIpc) is 2.44. The van der Waals surface area contributed by atoms with Crippen molar-refractivity contribution in [3.05, 3.63) is 35.4 Å². The molecule has 0 amide bonds. The first kappa shape index (κ1) is 16.2. The quantitative estimate of drug-likeness (QED) is 0.587. The lowest BCUT2D eigenvalue weighted by Crippen LogP contribution is -2.54. The Hall–Kier alpha value is -0.900. The molecular formula is C16H29N3. The molecule has 108 valence electrons. The summed E-state index contributed by atoms with van der Waals surface area (Å²) in [5, 5.41) is 0. The predicted octanol–water partition coefficient (Wildman–Crippen LogP) is 2.87. The van der Waals surface area contributed by atoms with E-state index in [1.807, 2.05) is 0 Å². The number of benzene rings is 1. The molecule has 1 aromatic rings. The number of rotatable bonds is 7. The molecule has 0 fully saturated rings. The monoisotopic (exact) mass is 263 g/mol. The molecule has 3 N–H and O–H groups in total. The summed E-state index contributed by atoms with van der Waals surface area (Å²) in [4.78, 5) is 2.30. The Morgan fingerprint density at radius 3 is 2.26 bits per heavy atom. The molecule has 1 rings (SSSR count). The van der Waals surface area contributed by atoms with E-state index in [4.69, 9.17) is 5.84 Å². The summed E-state index contributed by atoms with van der Waals surface area (Å²) in [6.45, 7) is 6.65. The van der Waals surface area contributed by atoms with E-state index in [1.54, 1.807) is 0 Å². The maximum absolute atomic E-state index is 5.89. The van der Waals surface area contributed by atoms with Crippen LogP contribution in [-0.4, -0.2) is 24.5 Å². The summed E-state index contributed by atoms with van der Waals surface area (Å²) in [6.07, 6.45) is 3.17. The molecule has 0 aliphatic rings. The fourth-order valence-corrected chi connectivity index (χ4v) is 3.10. The Bertz CT molecular complexity index is 383. The zero-order valence-corrected chi connectivity index (χ0v) is 13.0. The molecule has 1 aromatic carbocycles. The first-order chi connectivity index (χ1) is 9.05. The number of nitrogens with zero attached hydrogens (tertiary/aromatic N) is 1. The summed E-state index contributed by atoms with van der Waals surface area (Å²) in [5.74, 6) is 5.89. The van der Waals surface area contributed by atoms with E-state index in [0.717, 1.165) is 19.3 Å². The van der Waals surface area contributed by atoms with Gasteiger partial charge in [0.15, 0.2) is 0 Å². The van der Waals surface area contributed by atoms with Crippen LogP contribution in [0.1, 0.15) is 50.8 Å². The minimum absolute atomic E-state index is 0.0428. The topological polar surface area (TPSA) is 41.3 Å². The van der Waals surface area contributed by atoms with Crippen molar-refractivity contribution in [3.8, 4) is 0 Å². The summed E-state index contributed by atoms with van der Waals surface area (Å²) in [6, 6.07) is 8.89. The minimum Gasteiger partial charge on any atom is -0.302 e. The second-order valence-electron chi connectivity index (χ2n) is 5.40. The number of hydrazine groups is 1. The number of hydrogen-bond acceptors (Lipinski definition) is 3. The van der Waals surface area contributed by atoms with Gasteiger partial charge in [-0.2, -0.15) is 0 Å². The van der Waals surface area contributed by atoms with Crippen LogP contribution >= 0.6 is 0 Å². The molecule has 19 heavy (non-hydrogen) atoms. The molecule has 3 nitrogen and oxygen atoms in total. The van der Waals surface area contributed by atoms with Crippen LogP contribution in [0.15, 0.2) is 24.3 Å². The number of likely N-dealkylation sites (N-methyl/N-ethyl adjacent to an activating group) is 1. The lowest BCUT2D eigenvalue weighted by atomic mass is 9.79. The third kappa shape index (κ3) is 3.16. The van der Waals surface area contributed by atoms with Gasteiger partial charge in [-0.1, -0.05) is 45.0 Å². The van der Waals surface area contributed by atoms with Crippen LogP contribution in [0.5, 0.6) is 0 Å². The van der Waals surface area contributed by atoms with Gasteiger partial charge >= 0.3 is 0 Å². The molecular weight excluding hydrogens is 234 g/mol. The molecule has 0 radical (unpaired) electrons. The lowest BCUT2D eigenvalue weighted by molar-refractivity contribution is 0.0882. The van der Waals surface area contributed by atoms with Gasteiger partial charge in [-0.15, -0.1) is 0 Å². The van der Waals surface area contributed by atoms with Gasteiger partial charge in [0.1, 0.15) is 0 Å². The summed E-state index contributed by atoms with van der Waals surface area (Å²) < 4.78 is 0. The van der Waals surface area contributed by atoms with Crippen molar-refractivity contribution >= 4 is 0 Å². The summed E-state index contributed by atoms with van der Waals surface area (Å²) >= 11 is 0. The van der Waals surface area contributed by atoms with Crippen molar-refractivity contribution in [1.29, 1.82) is 0 Å². The van der Waals surface area contributed by atoms with Gasteiger partial charge < -0.3 is 4.90 Å². The van der Waals surface area contributed by atoms with Crippen LogP contribution in [0, 0.1) is 0 Å². The minimum atomic E-state index is 0.0428. The van der Waals surface area contributed by atoms with E-state index in [-0.39, 0.29) is 11.6 Å². The van der Waals surface area contributed by atoms with Crippen LogP contribution in [0.2, 0.25) is 0 Å². The van der Waals surface area contributed by atoms with Gasteiger partial charge in [0.2, 0.25) is 0 Å². The molecule has 0 heterocycles. The zero-order valence-electron chi connectivity index (χ0n) is 13.0. The SMILES string of the molecule is CCc1cccc(C(NN)C(CC)(CC)N(C)C)c1. The van der Waals surface area contributed by atoms with Crippen molar-refractivity contribution in [3.63, 3.8) is 0 Å². The van der Waals surface area contributed by atoms with E-state index in [9.17, 15) is 0 Å². The molecule has 0 aromatic heterocycles. The first-order valence-corrected chi connectivity index (χ1v) is 7.28.